The zero-order chi connectivity index (χ0) is 24.8. The summed E-state index contributed by atoms with van der Waals surface area (Å²) in [5, 5.41) is 11.3. The Morgan fingerprint density at radius 3 is 2.29 bits per heavy atom. The van der Waals surface area contributed by atoms with Crippen LogP contribution >= 0.6 is 11.6 Å². The van der Waals surface area contributed by atoms with E-state index in [4.69, 9.17) is 11.6 Å². The molecule has 34 heavy (non-hydrogen) atoms. The van der Waals surface area contributed by atoms with Crippen LogP contribution in [0.1, 0.15) is 49.1 Å². The molecule has 4 rings (SSSR count). The van der Waals surface area contributed by atoms with Crippen molar-refractivity contribution in [2.75, 3.05) is 4.90 Å². The molecule has 1 amide bonds. The Bertz CT molecular complexity index is 1330. The van der Waals surface area contributed by atoms with Crippen LogP contribution in [0.4, 0.5) is 10.1 Å². The number of rotatable bonds is 3. The molecular formula is C28H25ClFNO3. The average Bonchev–Trinajstić information content (AvgIpc) is 3.06. The van der Waals surface area contributed by atoms with Gasteiger partial charge in [-0.1, -0.05) is 74.8 Å². The molecule has 1 aliphatic heterocycles. The minimum absolute atomic E-state index is 0.0224. The summed E-state index contributed by atoms with van der Waals surface area (Å²) in [5.41, 5.74) is 2.94. The molecule has 0 aliphatic carbocycles. The number of amides is 1. The summed E-state index contributed by atoms with van der Waals surface area (Å²) >= 11 is 5.99. The van der Waals surface area contributed by atoms with E-state index in [2.05, 4.69) is 20.8 Å². The number of nitrogens with zero attached hydrogens (tertiary/aromatic N) is 1. The van der Waals surface area contributed by atoms with Crippen LogP contribution in [0, 0.1) is 12.7 Å². The number of benzene rings is 3. The molecule has 1 fully saturated rings. The molecule has 174 valence electrons. The number of hydrogen-bond donors (Lipinski definition) is 1. The van der Waals surface area contributed by atoms with Crippen molar-refractivity contribution in [3.8, 4) is 0 Å². The number of Topliss-reactive ketones (excluding diaryl/α,β-unsaturated/α-hetero) is 1. The molecule has 4 nitrogen and oxygen atoms in total. The second-order valence-corrected chi connectivity index (χ2v) is 9.87. The van der Waals surface area contributed by atoms with Crippen molar-refractivity contribution in [3.05, 3.63) is 105 Å². The van der Waals surface area contributed by atoms with Gasteiger partial charge in [0, 0.05) is 11.3 Å². The van der Waals surface area contributed by atoms with Gasteiger partial charge in [0.1, 0.15) is 11.6 Å². The maximum atomic E-state index is 13.8. The highest BCUT2D eigenvalue weighted by Crippen LogP contribution is 2.43. The van der Waals surface area contributed by atoms with Crippen LogP contribution in [0.15, 0.2) is 72.3 Å². The number of aliphatic hydroxyl groups is 1. The van der Waals surface area contributed by atoms with Crippen molar-refractivity contribution in [2.24, 2.45) is 0 Å². The van der Waals surface area contributed by atoms with Crippen LogP contribution < -0.4 is 4.90 Å². The van der Waals surface area contributed by atoms with Crippen LogP contribution in [-0.2, 0) is 15.0 Å². The summed E-state index contributed by atoms with van der Waals surface area (Å²) in [6.45, 7) is 8.02. The van der Waals surface area contributed by atoms with Crippen molar-refractivity contribution in [2.45, 2.75) is 39.2 Å². The van der Waals surface area contributed by atoms with Gasteiger partial charge in [-0.05, 0) is 53.3 Å². The van der Waals surface area contributed by atoms with E-state index < -0.39 is 23.5 Å². The molecule has 1 atom stereocenters. The summed E-state index contributed by atoms with van der Waals surface area (Å²) in [5.74, 6) is -2.51. The molecule has 1 heterocycles. The van der Waals surface area contributed by atoms with E-state index >= 15 is 0 Å². The number of aryl methyl sites for hydroxylation is 1. The number of hydrogen-bond acceptors (Lipinski definition) is 3. The van der Waals surface area contributed by atoms with Crippen LogP contribution in [0.5, 0.6) is 0 Å². The van der Waals surface area contributed by atoms with Crippen LogP contribution in [0.3, 0.4) is 0 Å². The molecule has 1 aliphatic rings. The lowest BCUT2D eigenvalue weighted by Gasteiger charge is -2.26. The Labute approximate surface area is 203 Å². The van der Waals surface area contributed by atoms with E-state index in [1.807, 2.05) is 31.2 Å². The van der Waals surface area contributed by atoms with Gasteiger partial charge in [0.25, 0.3) is 11.7 Å². The standard InChI is InChI=1S/C28H25ClFNO3/c1-16-10-11-18(28(2,3)4)14-20(16)25(32)23-24(17-8-6-5-7-9-17)31(27(34)26(23)33)19-12-13-22(30)21(29)15-19/h5-15,24,32H,1-4H3/b25-23+. The van der Waals surface area contributed by atoms with Crippen molar-refractivity contribution >= 4 is 34.7 Å². The monoisotopic (exact) mass is 477 g/mol. The second kappa shape index (κ2) is 8.73. The van der Waals surface area contributed by atoms with Crippen LogP contribution in [-0.4, -0.2) is 16.8 Å². The molecule has 0 saturated carbocycles. The first-order chi connectivity index (χ1) is 16.0. The first-order valence-corrected chi connectivity index (χ1v) is 11.3. The first-order valence-electron chi connectivity index (χ1n) is 10.9. The van der Waals surface area contributed by atoms with Gasteiger partial charge in [-0.25, -0.2) is 4.39 Å². The summed E-state index contributed by atoms with van der Waals surface area (Å²) in [7, 11) is 0. The minimum atomic E-state index is -0.902. The fourth-order valence-electron chi connectivity index (χ4n) is 4.17. The number of halogens is 2. The highest BCUT2D eigenvalue weighted by Gasteiger charge is 2.47. The lowest BCUT2D eigenvalue weighted by atomic mass is 9.84. The summed E-state index contributed by atoms with van der Waals surface area (Å²) in [6.07, 6.45) is 0. The summed E-state index contributed by atoms with van der Waals surface area (Å²) < 4.78 is 13.8. The normalized spacial score (nSPS) is 17.9. The maximum Gasteiger partial charge on any atom is 0.300 e. The van der Waals surface area contributed by atoms with Gasteiger partial charge in [-0.15, -0.1) is 0 Å². The van der Waals surface area contributed by atoms with E-state index in [-0.39, 0.29) is 27.5 Å². The van der Waals surface area contributed by atoms with Crippen LogP contribution in [0.25, 0.3) is 5.76 Å². The third kappa shape index (κ3) is 4.12. The third-order valence-electron chi connectivity index (χ3n) is 6.10. The third-order valence-corrected chi connectivity index (χ3v) is 6.39. The molecular weight excluding hydrogens is 453 g/mol. The van der Waals surface area contributed by atoms with E-state index in [1.165, 1.54) is 17.0 Å². The number of ketones is 1. The van der Waals surface area contributed by atoms with Gasteiger partial charge in [-0.3, -0.25) is 14.5 Å². The molecule has 0 aromatic heterocycles. The largest absolute Gasteiger partial charge is 0.507 e. The molecule has 0 bridgehead atoms. The van der Waals surface area contributed by atoms with Crippen molar-refractivity contribution < 1.29 is 19.1 Å². The Morgan fingerprint density at radius 2 is 1.68 bits per heavy atom. The predicted octanol–water partition coefficient (Wildman–Crippen LogP) is 6.71. The number of carbonyl (C=O) groups excluding carboxylic acids is 2. The first kappa shape index (κ1) is 23.7. The molecule has 0 spiro atoms. The number of aliphatic hydroxyl groups excluding tert-OH is 1. The highest BCUT2D eigenvalue weighted by molar-refractivity contribution is 6.51. The zero-order valence-corrected chi connectivity index (χ0v) is 20.2. The molecule has 1 unspecified atom stereocenters. The molecule has 6 heteroatoms. The Kier molecular flexibility index (Phi) is 6.09. The van der Waals surface area contributed by atoms with E-state index in [0.29, 0.717) is 11.1 Å². The van der Waals surface area contributed by atoms with Gasteiger partial charge in [0.15, 0.2) is 0 Å². The number of anilines is 1. The van der Waals surface area contributed by atoms with Crippen molar-refractivity contribution in [1.82, 2.24) is 0 Å². The van der Waals surface area contributed by atoms with E-state index in [9.17, 15) is 19.1 Å². The molecule has 1 N–H and O–H groups in total. The van der Waals surface area contributed by atoms with Crippen molar-refractivity contribution in [3.63, 3.8) is 0 Å². The Morgan fingerprint density at radius 1 is 1.00 bits per heavy atom. The Balaban J connectivity index is 1.98. The number of carbonyl (C=O) groups is 2. The predicted molar refractivity (Wildman–Crippen MR) is 133 cm³/mol. The van der Waals surface area contributed by atoms with E-state index in [1.54, 1.807) is 24.3 Å². The fourth-order valence-corrected chi connectivity index (χ4v) is 4.35. The van der Waals surface area contributed by atoms with Gasteiger partial charge in [0.05, 0.1) is 16.6 Å². The fraction of sp³-hybridized carbons (Fsp3) is 0.214. The minimum Gasteiger partial charge on any atom is -0.507 e. The molecule has 3 aromatic rings. The highest BCUT2D eigenvalue weighted by atomic mass is 35.5. The molecule has 3 aromatic carbocycles. The lowest BCUT2D eigenvalue weighted by molar-refractivity contribution is -0.132. The second-order valence-electron chi connectivity index (χ2n) is 9.46. The average molecular weight is 478 g/mol. The van der Waals surface area contributed by atoms with Crippen LogP contribution in [0.2, 0.25) is 5.02 Å². The Hall–Kier alpha value is -3.44. The van der Waals surface area contributed by atoms with Gasteiger partial charge in [0.2, 0.25) is 0 Å². The van der Waals surface area contributed by atoms with Crippen molar-refractivity contribution in [1.29, 1.82) is 0 Å². The quantitative estimate of drug-likeness (QED) is 0.259. The topological polar surface area (TPSA) is 57.6 Å². The maximum absolute atomic E-state index is 13.8. The van der Waals surface area contributed by atoms with Gasteiger partial charge >= 0.3 is 0 Å². The summed E-state index contributed by atoms with van der Waals surface area (Å²) in [6, 6.07) is 17.6. The molecule has 0 radical (unpaired) electrons. The zero-order valence-electron chi connectivity index (χ0n) is 19.4. The van der Waals surface area contributed by atoms with Gasteiger partial charge < -0.3 is 5.11 Å². The van der Waals surface area contributed by atoms with Gasteiger partial charge in [-0.2, -0.15) is 0 Å². The lowest BCUT2D eigenvalue weighted by Crippen LogP contribution is -2.29. The summed E-state index contributed by atoms with van der Waals surface area (Å²) in [4.78, 5) is 27.8. The SMILES string of the molecule is Cc1ccc(C(C)(C)C)cc1/C(O)=C1\C(=O)C(=O)N(c2ccc(F)c(Cl)c2)C1c1ccccc1. The molecule has 1 saturated heterocycles. The van der Waals surface area contributed by atoms with E-state index in [0.717, 1.165) is 17.2 Å². The smallest absolute Gasteiger partial charge is 0.300 e.